The van der Waals surface area contributed by atoms with Crippen LogP contribution in [0.1, 0.15) is 18.4 Å². The van der Waals surface area contributed by atoms with Gasteiger partial charge in [0, 0.05) is 10.0 Å². The van der Waals surface area contributed by atoms with Crippen molar-refractivity contribution < 1.29 is 9.50 Å². The van der Waals surface area contributed by atoms with E-state index in [4.69, 9.17) is 11.6 Å². The molecule has 4 heteroatoms. The quantitative estimate of drug-likeness (QED) is 0.773. The first kappa shape index (κ1) is 9.44. The highest BCUT2D eigenvalue weighted by Gasteiger charge is 2.45. The molecule has 1 aromatic rings. The molecule has 1 aliphatic rings. The van der Waals surface area contributed by atoms with Gasteiger partial charge in [-0.2, -0.15) is 0 Å². The first-order valence-electron chi connectivity index (χ1n) is 3.91. The normalized spacial score (nSPS) is 18.8. The van der Waals surface area contributed by atoms with Gasteiger partial charge in [0.1, 0.15) is 5.82 Å². The molecule has 0 saturated heterocycles. The summed E-state index contributed by atoms with van der Waals surface area (Å²) in [5.41, 5.74) is -0.797. The summed E-state index contributed by atoms with van der Waals surface area (Å²) in [6.07, 6.45) is 1.17. The fourth-order valence-electron chi connectivity index (χ4n) is 1.32. The lowest BCUT2D eigenvalue weighted by molar-refractivity contribution is 0.147. The minimum atomic E-state index is -1.02. The number of rotatable bonds is 1. The largest absolute Gasteiger partial charge is 0.385 e. The Hall–Kier alpha value is -0.120. The van der Waals surface area contributed by atoms with Gasteiger partial charge in [0.15, 0.2) is 0 Å². The molecule has 0 aromatic heterocycles. The van der Waals surface area contributed by atoms with E-state index in [-0.39, 0.29) is 10.6 Å². The molecule has 0 radical (unpaired) electrons. The Balaban J connectivity index is 2.61. The smallest absolute Gasteiger partial charge is 0.130 e. The predicted molar refractivity (Wildman–Crippen MR) is 52.2 cm³/mol. The van der Waals surface area contributed by atoms with E-state index in [1.807, 2.05) is 0 Å². The zero-order valence-electron chi connectivity index (χ0n) is 6.65. The van der Waals surface area contributed by atoms with E-state index in [0.717, 1.165) is 0 Å². The monoisotopic (exact) mass is 264 g/mol. The minimum Gasteiger partial charge on any atom is -0.385 e. The maximum Gasteiger partial charge on any atom is 0.130 e. The van der Waals surface area contributed by atoms with Crippen LogP contribution in [-0.2, 0) is 5.60 Å². The van der Waals surface area contributed by atoms with E-state index < -0.39 is 11.4 Å². The van der Waals surface area contributed by atoms with Crippen LogP contribution < -0.4 is 0 Å². The van der Waals surface area contributed by atoms with Crippen molar-refractivity contribution in [1.82, 2.24) is 0 Å². The minimum absolute atomic E-state index is 0.226. The second kappa shape index (κ2) is 2.94. The average Bonchev–Trinajstić information content (AvgIpc) is 2.78. The zero-order valence-corrected chi connectivity index (χ0v) is 8.99. The molecule has 0 bridgehead atoms. The molecule has 70 valence electrons. The van der Waals surface area contributed by atoms with E-state index in [1.54, 1.807) is 0 Å². The summed E-state index contributed by atoms with van der Waals surface area (Å²) in [6.45, 7) is 0. The van der Waals surface area contributed by atoms with Gasteiger partial charge < -0.3 is 5.11 Å². The number of hydrogen-bond donors (Lipinski definition) is 1. The van der Waals surface area contributed by atoms with Crippen LogP contribution in [0.5, 0.6) is 0 Å². The second-order valence-electron chi connectivity index (χ2n) is 3.25. The van der Waals surface area contributed by atoms with Gasteiger partial charge in [-0.25, -0.2) is 4.39 Å². The molecule has 0 unspecified atom stereocenters. The summed E-state index contributed by atoms with van der Waals surface area (Å²) in [5, 5.41) is 10.0. The Morgan fingerprint density at radius 1 is 1.46 bits per heavy atom. The molecule has 0 spiro atoms. The Morgan fingerprint density at radius 3 is 2.62 bits per heavy atom. The molecule has 0 heterocycles. The molecule has 1 saturated carbocycles. The van der Waals surface area contributed by atoms with Gasteiger partial charge in [-0.05, 0) is 40.9 Å². The Kier molecular flexibility index (Phi) is 2.13. The van der Waals surface area contributed by atoms with Crippen molar-refractivity contribution in [2.75, 3.05) is 0 Å². The lowest BCUT2D eigenvalue weighted by Crippen LogP contribution is -2.08. The standard InChI is InChI=1S/C9H7BrClFO/c10-5-1-2-6(12)7(8(5)11)9(13)3-4-9/h1-2,13H,3-4H2. The summed E-state index contributed by atoms with van der Waals surface area (Å²) in [6, 6.07) is 2.84. The SMILES string of the molecule is OC1(c2c(F)ccc(Br)c2Cl)CC1. The molecule has 1 aliphatic carbocycles. The third kappa shape index (κ3) is 1.49. The predicted octanol–water partition coefficient (Wildman–Crippen LogP) is 3.22. The summed E-state index contributed by atoms with van der Waals surface area (Å²) < 4.78 is 13.9. The van der Waals surface area contributed by atoms with Crippen LogP contribution in [0.4, 0.5) is 4.39 Å². The first-order chi connectivity index (χ1) is 6.04. The fraction of sp³-hybridized carbons (Fsp3) is 0.333. The number of hydrogen-bond acceptors (Lipinski definition) is 1. The van der Waals surface area contributed by atoms with Gasteiger partial charge in [-0.1, -0.05) is 11.6 Å². The van der Waals surface area contributed by atoms with Gasteiger partial charge in [0.2, 0.25) is 0 Å². The Labute approximate surface area is 88.7 Å². The third-order valence-corrected chi connectivity index (χ3v) is 3.51. The lowest BCUT2D eigenvalue weighted by Gasteiger charge is -2.12. The molecular weight excluding hydrogens is 258 g/mol. The van der Waals surface area contributed by atoms with Crippen LogP contribution in [0.25, 0.3) is 0 Å². The third-order valence-electron chi connectivity index (χ3n) is 2.23. The summed E-state index contributed by atoms with van der Waals surface area (Å²) >= 11 is 9.07. The zero-order chi connectivity index (χ0) is 9.64. The second-order valence-corrected chi connectivity index (χ2v) is 4.48. The van der Waals surface area contributed by atoms with E-state index in [1.165, 1.54) is 12.1 Å². The van der Waals surface area contributed by atoms with Gasteiger partial charge in [0.25, 0.3) is 0 Å². The maximum atomic E-state index is 13.3. The van der Waals surface area contributed by atoms with Crippen molar-refractivity contribution in [3.63, 3.8) is 0 Å². The maximum absolute atomic E-state index is 13.3. The molecule has 13 heavy (non-hydrogen) atoms. The van der Waals surface area contributed by atoms with Crippen molar-refractivity contribution >= 4 is 27.5 Å². The van der Waals surface area contributed by atoms with Crippen molar-refractivity contribution in [1.29, 1.82) is 0 Å². The summed E-state index contributed by atoms with van der Waals surface area (Å²) in [4.78, 5) is 0. The molecule has 1 nitrogen and oxygen atoms in total. The molecular formula is C9H7BrClFO. The van der Waals surface area contributed by atoms with E-state index in [9.17, 15) is 9.50 Å². The van der Waals surface area contributed by atoms with Crippen LogP contribution in [-0.4, -0.2) is 5.11 Å². The van der Waals surface area contributed by atoms with Gasteiger partial charge >= 0.3 is 0 Å². The number of halogens is 3. The summed E-state index contributed by atoms with van der Waals surface area (Å²) in [5.74, 6) is -0.437. The highest BCUT2D eigenvalue weighted by Crippen LogP contribution is 2.50. The van der Waals surface area contributed by atoms with Gasteiger partial charge in [-0.3, -0.25) is 0 Å². The number of benzene rings is 1. The van der Waals surface area contributed by atoms with Crippen LogP contribution in [0.2, 0.25) is 5.02 Å². The van der Waals surface area contributed by atoms with E-state index >= 15 is 0 Å². The van der Waals surface area contributed by atoms with Gasteiger partial charge in [0.05, 0.1) is 10.6 Å². The topological polar surface area (TPSA) is 20.2 Å². The lowest BCUT2D eigenvalue weighted by atomic mass is 10.1. The van der Waals surface area contributed by atoms with Crippen LogP contribution >= 0.6 is 27.5 Å². The van der Waals surface area contributed by atoms with Crippen LogP contribution in [0.15, 0.2) is 16.6 Å². The van der Waals surface area contributed by atoms with E-state index in [0.29, 0.717) is 17.3 Å². The van der Waals surface area contributed by atoms with Crippen molar-refractivity contribution in [2.45, 2.75) is 18.4 Å². The molecule has 0 atom stereocenters. The Morgan fingerprint density at radius 2 is 2.08 bits per heavy atom. The molecule has 2 rings (SSSR count). The first-order valence-corrected chi connectivity index (χ1v) is 5.08. The molecule has 0 aliphatic heterocycles. The van der Waals surface area contributed by atoms with E-state index in [2.05, 4.69) is 15.9 Å². The Bertz CT molecular complexity index is 363. The van der Waals surface area contributed by atoms with Crippen molar-refractivity contribution in [2.24, 2.45) is 0 Å². The summed E-state index contributed by atoms with van der Waals surface area (Å²) in [7, 11) is 0. The van der Waals surface area contributed by atoms with Gasteiger partial charge in [-0.15, -0.1) is 0 Å². The average molecular weight is 266 g/mol. The molecule has 0 amide bonds. The van der Waals surface area contributed by atoms with Crippen LogP contribution in [0.3, 0.4) is 0 Å². The molecule has 1 aromatic carbocycles. The molecule has 1 fully saturated rings. The fourth-order valence-corrected chi connectivity index (χ4v) is 1.98. The highest BCUT2D eigenvalue weighted by atomic mass is 79.9. The van der Waals surface area contributed by atoms with Crippen LogP contribution in [0, 0.1) is 5.82 Å². The molecule has 1 N–H and O–H groups in total. The van der Waals surface area contributed by atoms with Crippen molar-refractivity contribution in [3.8, 4) is 0 Å². The van der Waals surface area contributed by atoms with Crippen molar-refractivity contribution in [3.05, 3.63) is 33.0 Å². The highest BCUT2D eigenvalue weighted by molar-refractivity contribution is 9.10. The number of aliphatic hydroxyl groups is 1.